The summed E-state index contributed by atoms with van der Waals surface area (Å²) >= 11 is 0. The Morgan fingerprint density at radius 1 is 1.23 bits per heavy atom. The number of methoxy groups -OCH3 is 1. The number of aryl methyl sites for hydroxylation is 1. The number of carbonyl (C=O) groups is 2. The fraction of sp³-hybridized carbons (Fsp3) is 0.500. The van der Waals surface area contributed by atoms with Gasteiger partial charge in [-0.1, -0.05) is 0 Å². The molecule has 6 heteroatoms. The van der Waals surface area contributed by atoms with E-state index in [1.165, 1.54) is 7.11 Å². The minimum atomic E-state index is -0.772. The number of hydrogen-bond acceptors (Lipinski definition) is 4. The number of carboxylic acids is 1. The quantitative estimate of drug-likeness (QED) is 0.791. The molecule has 2 rings (SSSR count). The Hall–Kier alpha value is -2.24. The normalized spacial score (nSPS) is 21.2. The van der Waals surface area contributed by atoms with E-state index in [1.54, 1.807) is 12.1 Å². The van der Waals surface area contributed by atoms with Gasteiger partial charge in [0.1, 0.15) is 0 Å². The molecule has 0 bridgehead atoms. The summed E-state index contributed by atoms with van der Waals surface area (Å²) in [6.07, 6.45) is 2.38. The molecule has 0 aliphatic heterocycles. The summed E-state index contributed by atoms with van der Waals surface area (Å²) in [7, 11) is 1.43. The molecule has 1 aliphatic carbocycles. The Bertz CT molecular complexity index is 576. The molecule has 3 N–H and O–H groups in total. The van der Waals surface area contributed by atoms with E-state index in [-0.39, 0.29) is 34.9 Å². The fourth-order valence-electron chi connectivity index (χ4n) is 2.82. The van der Waals surface area contributed by atoms with Crippen LogP contribution < -0.4 is 10.1 Å². The van der Waals surface area contributed by atoms with E-state index in [1.807, 2.05) is 6.92 Å². The number of aromatic hydroxyl groups is 1. The van der Waals surface area contributed by atoms with E-state index in [9.17, 15) is 14.7 Å². The minimum absolute atomic E-state index is 0.0611. The first-order valence-corrected chi connectivity index (χ1v) is 7.33. The molecule has 1 aliphatic rings. The van der Waals surface area contributed by atoms with E-state index >= 15 is 0 Å². The first kappa shape index (κ1) is 16.1. The van der Waals surface area contributed by atoms with E-state index in [2.05, 4.69) is 5.32 Å². The van der Waals surface area contributed by atoms with Gasteiger partial charge in [-0.05, 0) is 50.3 Å². The minimum Gasteiger partial charge on any atom is -0.504 e. The topological polar surface area (TPSA) is 95.9 Å². The third-order valence-corrected chi connectivity index (χ3v) is 4.10. The Morgan fingerprint density at radius 3 is 2.41 bits per heavy atom. The maximum absolute atomic E-state index is 12.3. The first-order chi connectivity index (χ1) is 10.4. The number of nitrogens with one attached hydrogen (secondary N) is 1. The number of aliphatic carboxylic acids is 1. The number of phenolic OH excluding ortho intramolecular Hbond substituents is 1. The zero-order chi connectivity index (χ0) is 16.3. The highest BCUT2D eigenvalue weighted by atomic mass is 16.5. The second-order valence-corrected chi connectivity index (χ2v) is 5.72. The maximum Gasteiger partial charge on any atom is 0.306 e. The van der Waals surface area contributed by atoms with E-state index in [0.29, 0.717) is 25.7 Å². The molecular weight excluding hydrogens is 286 g/mol. The highest BCUT2D eigenvalue weighted by Crippen LogP contribution is 2.32. The summed E-state index contributed by atoms with van der Waals surface area (Å²) in [5, 5.41) is 21.9. The number of ether oxygens (including phenoxy) is 1. The van der Waals surface area contributed by atoms with Crippen LogP contribution in [0.2, 0.25) is 0 Å². The number of amides is 1. The van der Waals surface area contributed by atoms with Crippen molar-refractivity contribution < 1.29 is 24.5 Å². The Kier molecular flexibility index (Phi) is 4.90. The van der Waals surface area contributed by atoms with Gasteiger partial charge in [-0.15, -0.1) is 0 Å². The van der Waals surface area contributed by atoms with Gasteiger partial charge < -0.3 is 20.3 Å². The lowest BCUT2D eigenvalue weighted by Gasteiger charge is -2.27. The summed E-state index contributed by atoms with van der Waals surface area (Å²) in [6.45, 7) is 1.82. The van der Waals surface area contributed by atoms with Crippen molar-refractivity contribution in [2.75, 3.05) is 7.11 Å². The maximum atomic E-state index is 12.3. The summed E-state index contributed by atoms with van der Waals surface area (Å²) in [5.74, 6) is -1.37. The van der Waals surface area contributed by atoms with Crippen molar-refractivity contribution in [1.29, 1.82) is 0 Å². The van der Waals surface area contributed by atoms with Crippen LogP contribution in [0, 0.1) is 12.8 Å². The van der Waals surface area contributed by atoms with E-state index < -0.39 is 5.97 Å². The molecule has 0 spiro atoms. The zero-order valence-electron chi connectivity index (χ0n) is 12.8. The van der Waals surface area contributed by atoms with Gasteiger partial charge >= 0.3 is 5.97 Å². The largest absolute Gasteiger partial charge is 0.504 e. The monoisotopic (exact) mass is 307 g/mol. The molecular formula is C16H21NO5. The highest BCUT2D eigenvalue weighted by Gasteiger charge is 2.27. The van der Waals surface area contributed by atoms with Crippen LogP contribution in [0.3, 0.4) is 0 Å². The van der Waals surface area contributed by atoms with Crippen LogP contribution in [0.1, 0.15) is 41.6 Å². The van der Waals surface area contributed by atoms with Crippen molar-refractivity contribution in [3.63, 3.8) is 0 Å². The van der Waals surface area contributed by atoms with Crippen LogP contribution in [0.5, 0.6) is 11.5 Å². The van der Waals surface area contributed by atoms with Crippen LogP contribution in [-0.2, 0) is 4.79 Å². The molecule has 1 fully saturated rings. The lowest BCUT2D eigenvalue weighted by atomic mass is 9.86. The highest BCUT2D eigenvalue weighted by molar-refractivity contribution is 5.98. The Morgan fingerprint density at radius 2 is 1.86 bits per heavy atom. The van der Waals surface area contributed by atoms with Gasteiger partial charge in [0.2, 0.25) is 0 Å². The molecule has 1 aromatic carbocycles. The predicted octanol–water partition coefficient (Wildman–Crippen LogP) is 2.08. The molecule has 0 saturated heterocycles. The van der Waals surface area contributed by atoms with Gasteiger partial charge in [0.25, 0.3) is 5.91 Å². The van der Waals surface area contributed by atoms with Gasteiger partial charge in [-0.3, -0.25) is 9.59 Å². The van der Waals surface area contributed by atoms with Crippen molar-refractivity contribution in [3.05, 3.63) is 23.3 Å². The third-order valence-electron chi connectivity index (χ3n) is 4.10. The average Bonchev–Trinajstić information content (AvgIpc) is 2.49. The Labute approximate surface area is 129 Å². The molecule has 0 heterocycles. The van der Waals surface area contributed by atoms with Gasteiger partial charge in [-0.25, -0.2) is 0 Å². The molecule has 1 aromatic rings. The smallest absolute Gasteiger partial charge is 0.306 e. The van der Waals surface area contributed by atoms with E-state index in [0.717, 1.165) is 5.56 Å². The second-order valence-electron chi connectivity index (χ2n) is 5.72. The van der Waals surface area contributed by atoms with Gasteiger partial charge in [-0.2, -0.15) is 0 Å². The first-order valence-electron chi connectivity index (χ1n) is 7.33. The van der Waals surface area contributed by atoms with Crippen molar-refractivity contribution in [2.45, 2.75) is 38.6 Å². The third kappa shape index (κ3) is 3.50. The molecule has 1 saturated carbocycles. The standard InChI is InChI=1S/C16H21NO5/c1-9-7-12(14(18)13(8-9)22-2)15(19)17-11-5-3-10(4-6-11)16(20)21/h7-8,10-11,18H,3-6H2,1-2H3,(H,17,19)(H,20,21). The van der Waals surface area contributed by atoms with Gasteiger partial charge in [0, 0.05) is 6.04 Å². The molecule has 1 amide bonds. The summed E-state index contributed by atoms with van der Waals surface area (Å²) in [6, 6.07) is 3.20. The van der Waals surface area contributed by atoms with Crippen LogP contribution >= 0.6 is 0 Å². The molecule has 120 valence electrons. The van der Waals surface area contributed by atoms with Gasteiger partial charge in [0.15, 0.2) is 11.5 Å². The van der Waals surface area contributed by atoms with Crippen LogP contribution in [-0.4, -0.2) is 35.2 Å². The lowest BCUT2D eigenvalue weighted by molar-refractivity contribution is -0.142. The van der Waals surface area contributed by atoms with Crippen molar-refractivity contribution >= 4 is 11.9 Å². The second kappa shape index (κ2) is 6.68. The molecule has 0 radical (unpaired) electrons. The SMILES string of the molecule is COc1cc(C)cc(C(=O)NC2CCC(C(=O)O)CC2)c1O. The van der Waals surface area contributed by atoms with Crippen LogP contribution in [0.25, 0.3) is 0 Å². The fourth-order valence-corrected chi connectivity index (χ4v) is 2.82. The average molecular weight is 307 g/mol. The van der Waals surface area contributed by atoms with Crippen LogP contribution in [0.4, 0.5) is 0 Å². The molecule has 0 aromatic heterocycles. The lowest BCUT2D eigenvalue weighted by Crippen LogP contribution is -2.38. The number of benzene rings is 1. The molecule has 6 nitrogen and oxygen atoms in total. The summed E-state index contributed by atoms with van der Waals surface area (Å²) in [4.78, 5) is 23.2. The molecule has 0 atom stereocenters. The number of phenols is 1. The molecule has 22 heavy (non-hydrogen) atoms. The van der Waals surface area contributed by atoms with Crippen LogP contribution in [0.15, 0.2) is 12.1 Å². The molecule has 0 unspecified atom stereocenters. The van der Waals surface area contributed by atoms with E-state index in [4.69, 9.17) is 9.84 Å². The number of carbonyl (C=O) groups excluding carboxylic acids is 1. The summed E-state index contributed by atoms with van der Waals surface area (Å²) in [5.41, 5.74) is 0.992. The number of hydrogen-bond donors (Lipinski definition) is 3. The summed E-state index contributed by atoms with van der Waals surface area (Å²) < 4.78 is 5.05. The zero-order valence-corrected chi connectivity index (χ0v) is 12.8. The predicted molar refractivity (Wildman–Crippen MR) is 80.2 cm³/mol. The number of rotatable bonds is 4. The Balaban J connectivity index is 2.04. The van der Waals surface area contributed by atoms with Gasteiger partial charge in [0.05, 0.1) is 18.6 Å². The van der Waals surface area contributed by atoms with Crippen molar-refractivity contribution in [3.8, 4) is 11.5 Å². The van der Waals surface area contributed by atoms with Crippen molar-refractivity contribution in [1.82, 2.24) is 5.32 Å². The van der Waals surface area contributed by atoms with Crippen molar-refractivity contribution in [2.24, 2.45) is 5.92 Å². The number of carboxylic acid groups (broad SMARTS) is 1.